The number of rotatable bonds is 8. The van der Waals surface area contributed by atoms with Gasteiger partial charge in [0.05, 0.1) is 26.9 Å². The summed E-state index contributed by atoms with van der Waals surface area (Å²) in [6.45, 7) is 5.17. The molecule has 8 nitrogen and oxygen atoms in total. The van der Waals surface area contributed by atoms with Crippen molar-refractivity contribution in [2.75, 3.05) is 27.4 Å². The van der Waals surface area contributed by atoms with E-state index in [9.17, 15) is 9.59 Å². The van der Waals surface area contributed by atoms with Crippen LogP contribution in [-0.2, 0) is 29.0 Å². The van der Waals surface area contributed by atoms with Gasteiger partial charge in [0, 0.05) is 19.2 Å². The normalized spacial score (nSPS) is 13.6. The molecule has 0 saturated carbocycles. The standard InChI is InChI=1S/C22H27NO7/c1-14(2)30-22(25)13-29-21-12-28-17(9-18(21)24)11-23-6-5-15-7-19(26-3)20(27-4)8-16(15)10-23/h7-9,12,14H,5-6,10-11,13H2,1-4H3. The second-order valence-electron chi connectivity index (χ2n) is 7.34. The predicted octanol–water partition coefficient (Wildman–Crippen LogP) is 2.55. The minimum Gasteiger partial charge on any atom is -0.493 e. The lowest BCUT2D eigenvalue weighted by molar-refractivity contribution is -0.149. The van der Waals surface area contributed by atoms with Crippen molar-refractivity contribution in [3.63, 3.8) is 0 Å². The number of fused-ring (bicyclic) bond motifs is 1. The maximum atomic E-state index is 12.3. The number of ether oxygens (including phenoxy) is 4. The van der Waals surface area contributed by atoms with Crippen molar-refractivity contribution < 1.29 is 28.2 Å². The van der Waals surface area contributed by atoms with Crippen molar-refractivity contribution in [3.05, 3.63) is 51.6 Å². The molecule has 0 aliphatic carbocycles. The van der Waals surface area contributed by atoms with Gasteiger partial charge in [-0.1, -0.05) is 0 Å². The van der Waals surface area contributed by atoms with Crippen LogP contribution in [0, 0.1) is 0 Å². The Hall–Kier alpha value is -3.00. The van der Waals surface area contributed by atoms with Crippen LogP contribution in [0.5, 0.6) is 17.2 Å². The first-order chi connectivity index (χ1) is 14.4. The molecule has 0 N–H and O–H groups in total. The summed E-state index contributed by atoms with van der Waals surface area (Å²) in [5.41, 5.74) is 2.05. The Morgan fingerprint density at radius 3 is 2.43 bits per heavy atom. The first-order valence-electron chi connectivity index (χ1n) is 9.79. The molecule has 2 heterocycles. The molecule has 0 atom stereocenters. The van der Waals surface area contributed by atoms with Gasteiger partial charge in [-0.3, -0.25) is 9.69 Å². The maximum Gasteiger partial charge on any atom is 0.344 e. The van der Waals surface area contributed by atoms with E-state index in [1.807, 2.05) is 12.1 Å². The van der Waals surface area contributed by atoms with Gasteiger partial charge in [0.25, 0.3) is 0 Å². The smallest absolute Gasteiger partial charge is 0.344 e. The van der Waals surface area contributed by atoms with E-state index in [2.05, 4.69) is 4.90 Å². The quantitative estimate of drug-likeness (QED) is 0.606. The van der Waals surface area contributed by atoms with Gasteiger partial charge in [0.1, 0.15) is 12.0 Å². The molecule has 2 aromatic rings. The van der Waals surface area contributed by atoms with Gasteiger partial charge in [-0.2, -0.15) is 0 Å². The first kappa shape index (κ1) is 21.7. The number of methoxy groups -OCH3 is 2. The molecule has 8 heteroatoms. The van der Waals surface area contributed by atoms with E-state index < -0.39 is 5.97 Å². The lowest BCUT2D eigenvalue weighted by atomic mass is 9.98. The molecule has 0 amide bonds. The van der Waals surface area contributed by atoms with Crippen molar-refractivity contribution in [1.82, 2.24) is 4.90 Å². The Morgan fingerprint density at radius 1 is 1.10 bits per heavy atom. The van der Waals surface area contributed by atoms with Crippen molar-refractivity contribution in [3.8, 4) is 17.2 Å². The van der Waals surface area contributed by atoms with E-state index in [1.165, 1.54) is 17.9 Å². The molecular weight excluding hydrogens is 390 g/mol. The first-order valence-corrected chi connectivity index (χ1v) is 9.79. The van der Waals surface area contributed by atoms with Gasteiger partial charge < -0.3 is 23.4 Å². The van der Waals surface area contributed by atoms with Gasteiger partial charge in [-0.25, -0.2) is 4.79 Å². The zero-order chi connectivity index (χ0) is 21.7. The molecule has 30 heavy (non-hydrogen) atoms. The van der Waals surface area contributed by atoms with Crippen LogP contribution in [0.15, 0.2) is 33.7 Å². The minimum absolute atomic E-state index is 0.0136. The Kier molecular flexibility index (Phi) is 6.99. The van der Waals surface area contributed by atoms with Gasteiger partial charge >= 0.3 is 5.97 Å². The lowest BCUT2D eigenvalue weighted by Crippen LogP contribution is -2.30. The summed E-state index contributed by atoms with van der Waals surface area (Å²) in [4.78, 5) is 26.0. The predicted molar refractivity (Wildman–Crippen MR) is 109 cm³/mol. The van der Waals surface area contributed by atoms with Gasteiger partial charge in [0.15, 0.2) is 18.1 Å². The Bertz CT molecular complexity index is 951. The fourth-order valence-electron chi connectivity index (χ4n) is 3.36. The molecule has 1 aromatic carbocycles. The van der Waals surface area contributed by atoms with Gasteiger partial charge in [-0.05, 0) is 43.5 Å². The van der Waals surface area contributed by atoms with E-state index in [4.69, 9.17) is 23.4 Å². The van der Waals surface area contributed by atoms with E-state index in [1.54, 1.807) is 28.1 Å². The zero-order valence-corrected chi connectivity index (χ0v) is 17.7. The number of benzene rings is 1. The largest absolute Gasteiger partial charge is 0.493 e. The highest BCUT2D eigenvalue weighted by Gasteiger charge is 2.20. The Labute approximate surface area is 175 Å². The van der Waals surface area contributed by atoms with E-state index in [0.29, 0.717) is 24.6 Å². The SMILES string of the molecule is COc1cc2c(cc1OC)CN(Cc1cc(=O)c(OCC(=O)OC(C)C)co1)CC2. The molecule has 1 aliphatic rings. The third kappa shape index (κ3) is 5.33. The Morgan fingerprint density at radius 2 is 1.80 bits per heavy atom. The van der Waals surface area contributed by atoms with Crippen molar-refractivity contribution in [2.45, 2.75) is 39.5 Å². The van der Waals surface area contributed by atoms with Crippen molar-refractivity contribution >= 4 is 5.97 Å². The van der Waals surface area contributed by atoms with Crippen LogP contribution in [0.1, 0.15) is 30.7 Å². The second kappa shape index (κ2) is 9.67. The highest BCUT2D eigenvalue weighted by Crippen LogP contribution is 2.33. The lowest BCUT2D eigenvalue weighted by Gasteiger charge is -2.29. The summed E-state index contributed by atoms with van der Waals surface area (Å²) in [5, 5.41) is 0. The molecule has 0 fully saturated rings. The number of hydrogen-bond donors (Lipinski definition) is 0. The van der Waals surface area contributed by atoms with Gasteiger partial charge in [0.2, 0.25) is 11.2 Å². The van der Waals surface area contributed by atoms with Crippen molar-refractivity contribution in [2.24, 2.45) is 0 Å². The third-order valence-electron chi connectivity index (χ3n) is 4.74. The Balaban J connectivity index is 1.63. The number of carbonyl (C=O) groups is 1. The average Bonchev–Trinajstić information content (AvgIpc) is 2.71. The summed E-state index contributed by atoms with van der Waals surface area (Å²) in [5.74, 6) is 1.40. The van der Waals surface area contributed by atoms with Crippen LogP contribution in [0.25, 0.3) is 0 Å². The van der Waals surface area contributed by atoms with Crippen LogP contribution in [0.2, 0.25) is 0 Å². The highest BCUT2D eigenvalue weighted by molar-refractivity contribution is 5.71. The molecule has 0 spiro atoms. The molecule has 1 aromatic heterocycles. The third-order valence-corrected chi connectivity index (χ3v) is 4.74. The number of hydrogen-bond acceptors (Lipinski definition) is 8. The van der Waals surface area contributed by atoms with Gasteiger partial charge in [-0.15, -0.1) is 0 Å². The van der Waals surface area contributed by atoms with Crippen LogP contribution >= 0.6 is 0 Å². The molecule has 0 unspecified atom stereocenters. The molecule has 0 radical (unpaired) electrons. The minimum atomic E-state index is -0.535. The highest BCUT2D eigenvalue weighted by atomic mass is 16.6. The molecule has 0 bridgehead atoms. The summed E-state index contributed by atoms with van der Waals surface area (Å²) in [6, 6.07) is 5.40. The van der Waals surface area contributed by atoms with Crippen molar-refractivity contribution in [1.29, 1.82) is 0 Å². The van der Waals surface area contributed by atoms with E-state index in [0.717, 1.165) is 24.3 Å². The number of carbonyl (C=O) groups excluding carboxylic acids is 1. The molecule has 3 rings (SSSR count). The maximum absolute atomic E-state index is 12.3. The summed E-state index contributed by atoms with van der Waals surface area (Å²) < 4.78 is 26.5. The van der Waals surface area contributed by atoms with E-state index >= 15 is 0 Å². The van der Waals surface area contributed by atoms with Crippen LogP contribution < -0.4 is 19.6 Å². The average molecular weight is 417 g/mol. The topological polar surface area (TPSA) is 87.4 Å². The van der Waals surface area contributed by atoms with Crippen LogP contribution in [0.3, 0.4) is 0 Å². The van der Waals surface area contributed by atoms with Crippen LogP contribution in [0.4, 0.5) is 0 Å². The van der Waals surface area contributed by atoms with E-state index in [-0.39, 0.29) is 23.9 Å². The van der Waals surface area contributed by atoms with Crippen LogP contribution in [-0.4, -0.2) is 44.3 Å². The fraction of sp³-hybridized carbons (Fsp3) is 0.455. The summed E-state index contributed by atoms with van der Waals surface area (Å²) in [6.07, 6.45) is 1.86. The molecule has 0 saturated heterocycles. The number of nitrogens with zero attached hydrogens (tertiary/aromatic N) is 1. The fourth-order valence-corrected chi connectivity index (χ4v) is 3.36. The molecule has 1 aliphatic heterocycles. The summed E-state index contributed by atoms with van der Waals surface area (Å²) >= 11 is 0. The molecule has 162 valence electrons. The monoisotopic (exact) mass is 417 g/mol. The number of esters is 1. The summed E-state index contributed by atoms with van der Waals surface area (Å²) in [7, 11) is 3.24. The second-order valence-corrected chi connectivity index (χ2v) is 7.34. The molecular formula is C22H27NO7. The zero-order valence-electron chi connectivity index (χ0n) is 17.7.